The van der Waals surface area contributed by atoms with Crippen LogP contribution >= 0.6 is 23.2 Å². The highest BCUT2D eigenvalue weighted by atomic mass is 35.5. The van der Waals surface area contributed by atoms with Crippen molar-refractivity contribution in [2.24, 2.45) is 0 Å². The molecule has 8 heteroatoms. The highest BCUT2D eigenvalue weighted by molar-refractivity contribution is 6.33. The first-order valence-corrected chi connectivity index (χ1v) is 6.66. The number of amides is 1. The van der Waals surface area contributed by atoms with E-state index in [1.54, 1.807) is 0 Å². The third-order valence-corrected chi connectivity index (χ3v) is 3.30. The first-order valence-electron chi connectivity index (χ1n) is 5.91. The van der Waals surface area contributed by atoms with E-state index in [1.807, 2.05) is 0 Å². The van der Waals surface area contributed by atoms with Gasteiger partial charge in [0.05, 0.1) is 25.7 Å². The largest absolute Gasteiger partial charge is 0.481 e. The monoisotopic (exact) mass is 318 g/mol. The van der Waals surface area contributed by atoms with E-state index >= 15 is 0 Å². The molecule has 1 unspecified atom stereocenters. The molecule has 0 aromatic carbocycles. The van der Waals surface area contributed by atoms with Gasteiger partial charge in [-0.3, -0.25) is 9.59 Å². The minimum atomic E-state index is -0.982. The van der Waals surface area contributed by atoms with Gasteiger partial charge in [-0.25, -0.2) is 4.98 Å². The van der Waals surface area contributed by atoms with E-state index in [4.69, 9.17) is 33.0 Å². The summed E-state index contributed by atoms with van der Waals surface area (Å²) in [6.45, 7) is 0.896. The Kier molecular flexibility index (Phi) is 4.80. The van der Waals surface area contributed by atoms with Crippen LogP contribution < -0.4 is 0 Å². The molecule has 108 valence electrons. The Bertz CT molecular complexity index is 518. The molecule has 1 atom stereocenters. The fraction of sp³-hybridized carbons (Fsp3) is 0.417. The van der Waals surface area contributed by atoms with Crippen LogP contribution in [0.25, 0.3) is 0 Å². The molecule has 0 radical (unpaired) electrons. The second kappa shape index (κ2) is 6.39. The van der Waals surface area contributed by atoms with Gasteiger partial charge in [0.2, 0.25) is 0 Å². The lowest BCUT2D eigenvalue weighted by atomic mass is 10.1. The van der Waals surface area contributed by atoms with Gasteiger partial charge in [-0.1, -0.05) is 23.2 Å². The smallest absolute Gasteiger partial charge is 0.305 e. The number of ether oxygens (including phenoxy) is 1. The number of carboxylic acid groups (broad SMARTS) is 1. The lowest BCUT2D eigenvalue weighted by molar-refractivity contribution is -0.139. The summed E-state index contributed by atoms with van der Waals surface area (Å²) in [4.78, 5) is 28.5. The molecule has 1 saturated heterocycles. The molecule has 2 heterocycles. The molecule has 1 fully saturated rings. The number of hydrogen-bond donors (Lipinski definition) is 1. The summed E-state index contributed by atoms with van der Waals surface area (Å²) in [5.74, 6) is -1.31. The molecular formula is C12H12Cl2N2O4. The molecule has 0 aliphatic carbocycles. The second-order valence-electron chi connectivity index (χ2n) is 4.33. The van der Waals surface area contributed by atoms with E-state index in [1.165, 1.54) is 17.0 Å². The Balaban J connectivity index is 2.22. The van der Waals surface area contributed by atoms with E-state index < -0.39 is 12.0 Å². The van der Waals surface area contributed by atoms with Crippen molar-refractivity contribution in [2.75, 3.05) is 19.8 Å². The molecule has 1 aliphatic rings. The van der Waals surface area contributed by atoms with Crippen LogP contribution in [0.4, 0.5) is 0 Å². The zero-order valence-corrected chi connectivity index (χ0v) is 11.9. The molecule has 1 amide bonds. The number of halogens is 2. The highest BCUT2D eigenvalue weighted by Gasteiger charge is 2.30. The first kappa shape index (κ1) is 15.0. The Morgan fingerprint density at radius 2 is 2.05 bits per heavy atom. The maximum Gasteiger partial charge on any atom is 0.305 e. The number of carboxylic acids is 1. The number of carbonyl (C=O) groups is 2. The van der Waals surface area contributed by atoms with Crippen LogP contribution in [0.1, 0.15) is 16.8 Å². The van der Waals surface area contributed by atoms with Gasteiger partial charge < -0.3 is 14.7 Å². The topological polar surface area (TPSA) is 79.7 Å². The van der Waals surface area contributed by atoms with Crippen molar-refractivity contribution in [3.63, 3.8) is 0 Å². The van der Waals surface area contributed by atoms with Crippen LogP contribution in [0, 0.1) is 0 Å². The zero-order chi connectivity index (χ0) is 14.7. The lowest BCUT2D eigenvalue weighted by Gasteiger charge is -2.34. The van der Waals surface area contributed by atoms with Crippen molar-refractivity contribution in [1.82, 2.24) is 9.88 Å². The molecule has 1 aromatic heterocycles. The maximum absolute atomic E-state index is 12.4. The van der Waals surface area contributed by atoms with Crippen molar-refractivity contribution < 1.29 is 19.4 Å². The van der Waals surface area contributed by atoms with Gasteiger partial charge in [-0.05, 0) is 12.1 Å². The Hall–Kier alpha value is -1.37. The van der Waals surface area contributed by atoms with Gasteiger partial charge in [-0.2, -0.15) is 0 Å². The molecule has 1 aliphatic heterocycles. The molecule has 0 saturated carbocycles. The first-order chi connectivity index (χ1) is 9.47. The Labute approximate surface area is 125 Å². The third kappa shape index (κ3) is 3.59. The van der Waals surface area contributed by atoms with E-state index in [2.05, 4.69) is 4.98 Å². The average molecular weight is 319 g/mol. The number of pyridine rings is 1. The number of hydrogen-bond acceptors (Lipinski definition) is 4. The minimum absolute atomic E-state index is 0.115. The van der Waals surface area contributed by atoms with Crippen molar-refractivity contribution in [1.29, 1.82) is 0 Å². The molecule has 20 heavy (non-hydrogen) atoms. The van der Waals surface area contributed by atoms with E-state index in [-0.39, 0.29) is 34.8 Å². The van der Waals surface area contributed by atoms with Crippen molar-refractivity contribution >= 4 is 35.1 Å². The lowest BCUT2D eigenvalue weighted by Crippen LogP contribution is -2.49. The van der Waals surface area contributed by atoms with Crippen LogP contribution in [0.15, 0.2) is 12.1 Å². The molecule has 0 bridgehead atoms. The van der Waals surface area contributed by atoms with Crippen LogP contribution in [0.5, 0.6) is 0 Å². The van der Waals surface area contributed by atoms with Gasteiger partial charge in [-0.15, -0.1) is 0 Å². The number of aliphatic carboxylic acids is 1. The Morgan fingerprint density at radius 3 is 2.65 bits per heavy atom. The van der Waals surface area contributed by atoms with Crippen LogP contribution in [0.2, 0.25) is 10.3 Å². The number of aromatic nitrogens is 1. The van der Waals surface area contributed by atoms with E-state index in [0.717, 1.165) is 0 Å². The zero-order valence-electron chi connectivity index (χ0n) is 10.4. The summed E-state index contributed by atoms with van der Waals surface area (Å²) in [5.41, 5.74) is 0.285. The molecular weight excluding hydrogens is 307 g/mol. The quantitative estimate of drug-likeness (QED) is 0.858. The highest BCUT2D eigenvalue weighted by Crippen LogP contribution is 2.19. The number of carbonyl (C=O) groups excluding carboxylic acids is 1. The SMILES string of the molecule is O=C(O)CC1COCCN1C(=O)c1cc(Cl)nc(Cl)c1. The predicted octanol–water partition coefficient (Wildman–Crippen LogP) is 1.70. The molecule has 1 aromatic rings. The molecule has 0 spiro atoms. The summed E-state index contributed by atoms with van der Waals surface area (Å²) in [6, 6.07) is 2.31. The third-order valence-electron chi connectivity index (χ3n) is 2.91. The van der Waals surface area contributed by atoms with Crippen LogP contribution in [-0.2, 0) is 9.53 Å². The molecule has 2 rings (SSSR count). The summed E-state index contributed by atoms with van der Waals surface area (Å²) < 4.78 is 5.23. The van der Waals surface area contributed by atoms with Crippen molar-refractivity contribution in [2.45, 2.75) is 12.5 Å². The predicted molar refractivity (Wildman–Crippen MR) is 72.2 cm³/mol. The van der Waals surface area contributed by atoms with Crippen LogP contribution in [-0.4, -0.2) is 52.7 Å². The number of rotatable bonds is 3. The van der Waals surface area contributed by atoms with E-state index in [9.17, 15) is 9.59 Å². The van der Waals surface area contributed by atoms with Crippen molar-refractivity contribution in [3.8, 4) is 0 Å². The number of nitrogens with zero attached hydrogens (tertiary/aromatic N) is 2. The fourth-order valence-electron chi connectivity index (χ4n) is 2.05. The molecule has 1 N–H and O–H groups in total. The van der Waals surface area contributed by atoms with Gasteiger partial charge >= 0.3 is 5.97 Å². The fourth-order valence-corrected chi connectivity index (χ4v) is 2.51. The van der Waals surface area contributed by atoms with Crippen molar-refractivity contribution in [3.05, 3.63) is 28.0 Å². The average Bonchev–Trinajstić information content (AvgIpc) is 2.36. The normalized spacial score (nSPS) is 18.9. The minimum Gasteiger partial charge on any atom is -0.481 e. The summed E-state index contributed by atoms with van der Waals surface area (Å²) >= 11 is 11.5. The summed E-state index contributed by atoms with van der Waals surface area (Å²) in [6.07, 6.45) is -0.168. The van der Waals surface area contributed by atoms with E-state index in [0.29, 0.717) is 13.2 Å². The van der Waals surface area contributed by atoms with Gasteiger partial charge in [0.1, 0.15) is 10.3 Å². The molecule has 6 nitrogen and oxygen atoms in total. The summed E-state index contributed by atoms with van der Waals surface area (Å²) in [5, 5.41) is 9.11. The second-order valence-corrected chi connectivity index (χ2v) is 5.10. The van der Waals surface area contributed by atoms with Gasteiger partial charge in [0.25, 0.3) is 5.91 Å². The van der Waals surface area contributed by atoms with Crippen LogP contribution in [0.3, 0.4) is 0 Å². The van der Waals surface area contributed by atoms with Gasteiger partial charge in [0, 0.05) is 12.1 Å². The number of morpholine rings is 1. The summed E-state index contributed by atoms with van der Waals surface area (Å²) in [7, 11) is 0. The maximum atomic E-state index is 12.4. The Morgan fingerprint density at radius 1 is 1.40 bits per heavy atom. The van der Waals surface area contributed by atoms with Gasteiger partial charge in [0.15, 0.2) is 0 Å². The standard InChI is InChI=1S/C12H12Cl2N2O4/c13-9-3-7(4-10(14)15-9)12(19)16-1-2-20-6-8(16)5-11(17)18/h3-4,8H,1-2,5-6H2,(H,17,18).